The van der Waals surface area contributed by atoms with Crippen molar-refractivity contribution in [2.45, 2.75) is 6.04 Å². The SMILES string of the molecule is C1=CC(c2ccccc2)NC([Si](c2ccccc2)(c2ccccc2)c2cccc3c4ccccc4n(-c4ccccc4)c23)=C1. The fourth-order valence-corrected chi connectivity index (χ4v) is 12.0. The molecule has 1 N–H and O–H groups in total. The second-order valence-electron chi connectivity index (χ2n) is 11.4. The van der Waals surface area contributed by atoms with Crippen LogP contribution in [0, 0.1) is 0 Å². The van der Waals surface area contributed by atoms with Crippen LogP contribution in [-0.4, -0.2) is 12.6 Å². The Hall–Kier alpha value is -5.38. The highest BCUT2D eigenvalue weighted by Gasteiger charge is 2.46. The largest absolute Gasteiger partial charge is 0.381 e. The first-order chi connectivity index (χ1) is 21.9. The molecule has 0 radical (unpaired) electrons. The molecule has 0 saturated heterocycles. The second-order valence-corrected chi connectivity index (χ2v) is 15.1. The minimum Gasteiger partial charge on any atom is -0.381 e. The summed E-state index contributed by atoms with van der Waals surface area (Å²) >= 11 is 0. The van der Waals surface area contributed by atoms with E-state index in [1.165, 1.54) is 53.9 Å². The Bertz CT molecular complexity index is 2090. The van der Waals surface area contributed by atoms with E-state index in [0.717, 1.165) is 0 Å². The molecule has 0 amide bonds. The number of allylic oxidation sites excluding steroid dienone is 2. The molecule has 0 fully saturated rings. The van der Waals surface area contributed by atoms with E-state index in [-0.39, 0.29) is 6.04 Å². The van der Waals surface area contributed by atoms with Crippen LogP contribution in [0.25, 0.3) is 27.5 Å². The van der Waals surface area contributed by atoms with Gasteiger partial charge in [0.15, 0.2) is 8.07 Å². The average molecular weight is 581 g/mol. The van der Waals surface area contributed by atoms with Gasteiger partial charge in [-0.2, -0.15) is 0 Å². The van der Waals surface area contributed by atoms with Crippen molar-refractivity contribution in [1.29, 1.82) is 0 Å². The number of benzene rings is 6. The molecule has 0 aliphatic carbocycles. The molecule has 2 nitrogen and oxygen atoms in total. The van der Waals surface area contributed by atoms with Crippen LogP contribution in [-0.2, 0) is 0 Å². The summed E-state index contributed by atoms with van der Waals surface area (Å²) in [5, 5.41) is 12.0. The zero-order valence-corrected chi connectivity index (χ0v) is 25.3. The zero-order valence-electron chi connectivity index (χ0n) is 24.3. The first kappa shape index (κ1) is 26.3. The molecule has 8 rings (SSSR count). The van der Waals surface area contributed by atoms with Crippen LogP contribution >= 0.6 is 0 Å². The topological polar surface area (TPSA) is 17.0 Å². The van der Waals surface area contributed by atoms with E-state index >= 15 is 0 Å². The number of hydrogen-bond acceptors (Lipinski definition) is 1. The van der Waals surface area contributed by atoms with E-state index in [1.54, 1.807) is 0 Å². The average Bonchev–Trinajstić information content (AvgIpc) is 3.46. The third-order valence-corrected chi connectivity index (χ3v) is 13.7. The number of para-hydroxylation sites is 3. The fraction of sp³-hybridized carbons (Fsp3) is 0.0244. The van der Waals surface area contributed by atoms with Gasteiger partial charge in [-0.1, -0.05) is 158 Å². The maximum absolute atomic E-state index is 4.09. The maximum atomic E-state index is 4.09. The van der Waals surface area contributed by atoms with Crippen LogP contribution in [0.3, 0.4) is 0 Å². The molecule has 210 valence electrons. The van der Waals surface area contributed by atoms with Gasteiger partial charge in [-0.15, -0.1) is 0 Å². The van der Waals surface area contributed by atoms with E-state index in [4.69, 9.17) is 0 Å². The molecule has 1 aromatic heterocycles. The summed E-state index contributed by atoms with van der Waals surface area (Å²) in [7, 11) is -2.91. The Labute approximate surface area is 259 Å². The number of aromatic nitrogens is 1. The molecule has 1 atom stereocenters. The molecule has 44 heavy (non-hydrogen) atoms. The molecular weight excluding hydrogens is 549 g/mol. The Morgan fingerprint density at radius 1 is 0.523 bits per heavy atom. The normalized spacial score (nSPS) is 14.8. The zero-order chi connectivity index (χ0) is 29.3. The minimum absolute atomic E-state index is 0.0784. The van der Waals surface area contributed by atoms with Gasteiger partial charge in [0.05, 0.1) is 17.1 Å². The summed E-state index contributed by atoms with van der Waals surface area (Å²) in [6.07, 6.45) is 6.86. The fourth-order valence-electron chi connectivity index (χ4n) is 7.09. The lowest BCUT2D eigenvalue weighted by atomic mass is 10.1. The van der Waals surface area contributed by atoms with Gasteiger partial charge in [0.1, 0.15) is 0 Å². The van der Waals surface area contributed by atoms with Crippen molar-refractivity contribution >= 4 is 45.4 Å². The predicted molar refractivity (Wildman–Crippen MR) is 188 cm³/mol. The summed E-state index contributed by atoms with van der Waals surface area (Å²) in [6, 6.07) is 59.9. The molecule has 1 aliphatic heterocycles. The van der Waals surface area contributed by atoms with Crippen molar-refractivity contribution in [2.75, 3.05) is 0 Å². The summed E-state index contributed by atoms with van der Waals surface area (Å²) in [5.41, 5.74) is 4.92. The van der Waals surface area contributed by atoms with Crippen molar-refractivity contribution in [3.8, 4) is 5.69 Å². The van der Waals surface area contributed by atoms with Gasteiger partial charge in [-0.05, 0) is 45.4 Å². The summed E-state index contributed by atoms with van der Waals surface area (Å²) < 4.78 is 2.49. The van der Waals surface area contributed by atoms with Crippen molar-refractivity contribution in [1.82, 2.24) is 9.88 Å². The third-order valence-electron chi connectivity index (χ3n) is 8.97. The van der Waals surface area contributed by atoms with Crippen LogP contribution < -0.4 is 20.9 Å². The number of rotatable bonds is 6. The number of fused-ring (bicyclic) bond motifs is 3. The second kappa shape index (κ2) is 11.0. The molecule has 1 unspecified atom stereocenters. The lowest BCUT2D eigenvalue weighted by Gasteiger charge is -2.39. The molecular formula is C41H32N2Si. The Morgan fingerprint density at radius 3 is 1.77 bits per heavy atom. The standard InChI is InChI=1S/C41H32N2Si/c1-5-17-31(18-6-1)37-27-16-30-40(42-37)44(33-21-9-3-10-22-33,34-23-11-4-12-24-34)39-29-15-26-36-35-25-13-14-28-38(35)43(41(36)39)32-19-7-2-8-20-32/h1-30,37,42H. The van der Waals surface area contributed by atoms with E-state index in [1.807, 2.05) is 0 Å². The van der Waals surface area contributed by atoms with Crippen molar-refractivity contribution < 1.29 is 0 Å². The lowest BCUT2D eigenvalue weighted by molar-refractivity contribution is 0.730. The van der Waals surface area contributed by atoms with Gasteiger partial charge in [0, 0.05) is 21.8 Å². The van der Waals surface area contributed by atoms with Crippen LogP contribution in [0.5, 0.6) is 0 Å². The van der Waals surface area contributed by atoms with E-state index in [0.29, 0.717) is 0 Å². The van der Waals surface area contributed by atoms with Crippen LogP contribution in [0.2, 0.25) is 0 Å². The third kappa shape index (κ3) is 4.16. The van der Waals surface area contributed by atoms with Gasteiger partial charge in [0.2, 0.25) is 0 Å². The lowest BCUT2D eigenvalue weighted by Crippen LogP contribution is -2.71. The highest BCUT2D eigenvalue weighted by Crippen LogP contribution is 2.34. The van der Waals surface area contributed by atoms with E-state index in [2.05, 4.69) is 192 Å². The van der Waals surface area contributed by atoms with Gasteiger partial charge in [-0.25, -0.2) is 0 Å². The maximum Gasteiger partial charge on any atom is 0.200 e. The summed E-state index contributed by atoms with van der Waals surface area (Å²) in [6.45, 7) is 0. The first-order valence-corrected chi connectivity index (χ1v) is 17.3. The van der Waals surface area contributed by atoms with Gasteiger partial charge >= 0.3 is 0 Å². The molecule has 2 heterocycles. The van der Waals surface area contributed by atoms with Crippen LogP contribution in [0.15, 0.2) is 187 Å². The molecule has 0 spiro atoms. The van der Waals surface area contributed by atoms with E-state index < -0.39 is 8.07 Å². The number of dihydropyridines is 1. The molecule has 1 aliphatic rings. The highest BCUT2D eigenvalue weighted by molar-refractivity contribution is 7.17. The van der Waals surface area contributed by atoms with Crippen molar-refractivity contribution in [3.05, 3.63) is 193 Å². The van der Waals surface area contributed by atoms with Crippen molar-refractivity contribution in [3.63, 3.8) is 0 Å². The number of nitrogens with one attached hydrogen (secondary N) is 1. The van der Waals surface area contributed by atoms with Crippen LogP contribution in [0.4, 0.5) is 0 Å². The van der Waals surface area contributed by atoms with Gasteiger partial charge in [-0.3, -0.25) is 0 Å². The number of hydrogen-bond donors (Lipinski definition) is 1. The summed E-state index contributed by atoms with van der Waals surface area (Å²) in [4.78, 5) is 0. The Balaban J connectivity index is 1.52. The minimum atomic E-state index is -2.91. The quantitative estimate of drug-likeness (QED) is 0.159. The monoisotopic (exact) mass is 580 g/mol. The molecule has 0 saturated carbocycles. The van der Waals surface area contributed by atoms with Crippen molar-refractivity contribution in [2.24, 2.45) is 0 Å². The smallest absolute Gasteiger partial charge is 0.200 e. The highest BCUT2D eigenvalue weighted by atomic mass is 28.3. The Kier molecular flexibility index (Phi) is 6.58. The van der Waals surface area contributed by atoms with Gasteiger partial charge < -0.3 is 9.88 Å². The first-order valence-electron chi connectivity index (χ1n) is 15.3. The van der Waals surface area contributed by atoms with Gasteiger partial charge in [0.25, 0.3) is 0 Å². The molecule has 7 aromatic rings. The molecule has 6 aromatic carbocycles. The predicted octanol–water partition coefficient (Wildman–Crippen LogP) is 7.58. The Morgan fingerprint density at radius 2 is 1.09 bits per heavy atom. The molecule has 0 bridgehead atoms. The van der Waals surface area contributed by atoms with E-state index in [9.17, 15) is 0 Å². The number of nitrogens with zero attached hydrogens (tertiary/aromatic N) is 1. The van der Waals surface area contributed by atoms with Crippen LogP contribution in [0.1, 0.15) is 11.6 Å². The summed E-state index contributed by atoms with van der Waals surface area (Å²) in [5.74, 6) is 0. The molecule has 3 heteroatoms.